The summed E-state index contributed by atoms with van der Waals surface area (Å²) in [6, 6.07) is 9.65. The Balaban J connectivity index is 0.00000144. The fraction of sp³-hybridized carbons (Fsp3) is 0.222. The second-order valence-electron chi connectivity index (χ2n) is 2.57. The molecule has 1 aromatic carbocycles. The molecule has 1 atom stereocenters. The van der Waals surface area contributed by atoms with Gasteiger partial charge in [-0.15, -0.1) is 12.4 Å². The van der Waals surface area contributed by atoms with Crippen LogP contribution in [0.2, 0.25) is 0 Å². The number of nitrogens with two attached hydrogens (primary N) is 1. The molecule has 0 aliphatic heterocycles. The zero-order valence-corrected chi connectivity index (χ0v) is 9.88. The molecular weight excluding hydrogens is 298 g/mol. The van der Waals surface area contributed by atoms with Crippen molar-refractivity contribution in [2.45, 2.75) is 12.5 Å². The van der Waals surface area contributed by atoms with Gasteiger partial charge in [0.15, 0.2) is 0 Å². The monoisotopic (exact) mass is 308 g/mol. The van der Waals surface area contributed by atoms with E-state index in [9.17, 15) is 0 Å². The number of halogens is 2. The van der Waals surface area contributed by atoms with E-state index < -0.39 is 0 Å². The SMILES string of the molecule is Cl.N#C[C@@H](N)Cc1ccc(I)cc1. The van der Waals surface area contributed by atoms with Gasteiger partial charge < -0.3 is 5.73 Å². The molecule has 0 amide bonds. The van der Waals surface area contributed by atoms with Crippen LogP contribution in [0.15, 0.2) is 24.3 Å². The first-order chi connectivity index (χ1) is 5.72. The molecule has 0 unspecified atom stereocenters. The lowest BCUT2D eigenvalue weighted by Crippen LogP contribution is -2.19. The van der Waals surface area contributed by atoms with Crippen molar-refractivity contribution < 1.29 is 0 Å². The number of nitrogens with zero attached hydrogens (tertiary/aromatic N) is 1. The molecule has 0 aliphatic carbocycles. The van der Waals surface area contributed by atoms with Crippen LogP contribution in [0.1, 0.15) is 5.56 Å². The number of benzene rings is 1. The first-order valence-electron chi connectivity index (χ1n) is 3.62. The summed E-state index contributed by atoms with van der Waals surface area (Å²) >= 11 is 2.24. The fourth-order valence-electron chi connectivity index (χ4n) is 0.920. The summed E-state index contributed by atoms with van der Waals surface area (Å²) in [5, 5.41) is 8.47. The summed E-state index contributed by atoms with van der Waals surface area (Å²) in [6.45, 7) is 0. The third-order valence-corrected chi connectivity index (χ3v) is 2.25. The standard InChI is InChI=1S/C9H9IN2.ClH/c10-8-3-1-7(2-4-8)5-9(12)6-11;/h1-4,9H,5,12H2;1H/t9-;/m0./s1. The van der Waals surface area contributed by atoms with E-state index in [1.165, 1.54) is 3.57 Å². The van der Waals surface area contributed by atoms with E-state index in [0.717, 1.165) is 5.56 Å². The van der Waals surface area contributed by atoms with Crippen LogP contribution in [0.25, 0.3) is 0 Å². The molecule has 0 fully saturated rings. The maximum atomic E-state index is 8.47. The van der Waals surface area contributed by atoms with Gasteiger partial charge in [0.2, 0.25) is 0 Å². The van der Waals surface area contributed by atoms with Gasteiger partial charge in [0.05, 0.1) is 12.1 Å². The number of hydrogen-bond donors (Lipinski definition) is 1. The fourth-order valence-corrected chi connectivity index (χ4v) is 1.28. The minimum absolute atomic E-state index is 0. The van der Waals surface area contributed by atoms with E-state index in [2.05, 4.69) is 22.6 Å². The summed E-state index contributed by atoms with van der Waals surface area (Å²) in [7, 11) is 0. The molecule has 0 radical (unpaired) electrons. The molecule has 0 aliphatic rings. The zero-order valence-electron chi connectivity index (χ0n) is 6.90. The highest BCUT2D eigenvalue weighted by atomic mass is 127. The second kappa shape index (κ2) is 6.19. The number of nitriles is 1. The van der Waals surface area contributed by atoms with Gasteiger partial charge in [-0.05, 0) is 40.3 Å². The first-order valence-corrected chi connectivity index (χ1v) is 4.70. The van der Waals surface area contributed by atoms with Crippen molar-refractivity contribution in [3.63, 3.8) is 0 Å². The molecule has 2 N–H and O–H groups in total. The summed E-state index contributed by atoms with van der Waals surface area (Å²) < 4.78 is 1.20. The Bertz CT molecular complexity index is 291. The summed E-state index contributed by atoms with van der Waals surface area (Å²) in [4.78, 5) is 0. The molecule has 0 saturated carbocycles. The van der Waals surface area contributed by atoms with E-state index >= 15 is 0 Å². The van der Waals surface area contributed by atoms with E-state index in [1.807, 2.05) is 30.3 Å². The molecule has 13 heavy (non-hydrogen) atoms. The van der Waals surface area contributed by atoms with Gasteiger partial charge in [0.25, 0.3) is 0 Å². The molecule has 0 bridgehead atoms. The van der Waals surface area contributed by atoms with Crippen molar-refractivity contribution in [3.8, 4) is 6.07 Å². The second-order valence-corrected chi connectivity index (χ2v) is 3.81. The smallest absolute Gasteiger partial charge is 0.0968 e. The lowest BCUT2D eigenvalue weighted by Gasteiger charge is -2.01. The highest BCUT2D eigenvalue weighted by molar-refractivity contribution is 14.1. The highest BCUT2D eigenvalue weighted by Gasteiger charge is 2.00. The molecule has 1 aromatic rings. The van der Waals surface area contributed by atoms with Crippen LogP contribution < -0.4 is 5.73 Å². The van der Waals surface area contributed by atoms with Gasteiger partial charge >= 0.3 is 0 Å². The summed E-state index contributed by atoms with van der Waals surface area (Å²) in [5.74, 6) is 0. The van der Waals surface area contributed by atoms with Crippen molar-refractivity contribution in [2.75, 3.05) is 0 Å². The first kappa shape index (κ1) is 12.7. The van der Waals surface area contributed by atoms with Gasteiger partial charge in [0.1, 0.15) is 0 Å². The Labute approximate surface area is 97.7 Å². The molecule has 70 valence electrons. The van der Waals surface area contributed by atoms with E-state index in [4.69, 9.17) is 11.0 Å². The summed E-state index contributed by atoms with van der Waals surface area (Å²) in [5.41, 5.74) is 6.60. The topological polar surface area (TPSA) is 49.8 Å². The zero-order chi connectivity index (χ0) is 8.97. The average Bonchev–Trinajstić information content (AvgIpc) is 2.09. The molecule has 2 nitrogen and oxygen atoms in total. The molecule has 0 aromatic heterocycles. The van der Waals surface area contributed by atoms with Gasteiger partial charge in [-0.1, -0.05) is 12.1 Å². The predicted molar refractivity (Wildman–Crippen MR) is 63.7 cm³/mol. The van der Waals surface area contributed by atoms with Gasteiger partial charge in [-0.3, -0.25) is 0 Å². The Morgan fingerprint density at radius 1 is 1.38 bits per heavy atom. The summed E-state index contributed by atoms with van der Waals surface area (Å²) in [6.07, 6.45) is 0.632. The Kier molecular flexibility index (Phi) is 6.04. The van der Waals surface area contributed by atoms with Gasteiger partial charge in [-0.25, -0.2) is 0 Å². The van der Waals surface area contributed by atoms with Crippen molar-refractivity contribution in [2.24, 2.45) is 5.73 Å². The van der Waals surface area contributed by atoms with Crippen LogP contribution in [0, 0.1) is 14.9 Å². The van der Waals surface area contributed by atoms with Crippen molar-refractivity contribution in [1.82, 2.24) is 0 Å². The normalized spacial score (nSPS) is 11.2. The minimum atomic E-state index is -0.384. The van der Waals surface area contributed by atoms with Gasteiger partial charge in [0, 0.05) is 9.99 Å². The Morgan fingerprint density at radius 2 is 1.92 bits per heavy atom. The Morgan fingerprint density at radius 3 is 2.38 bits per heavy atom. The average molecular weight is 309 g/mol. The quantitative estimate of drug-likeness (QED) is 0.851. The largest absolute Gasteiger partial charge is 0.316 e. The number of rotatable bonds is 2. The van der Waals surface area contributed by atoms with Crippen LogP contribution >= 0.6 is 35.0 Å². The lowest BCUT2D eigenvalue weighted by atomic mass is 10.1. The van der Waals surface area contributed by atoms with Crippen LogP contribution in [0.5, 0.6) is 0 Å². The van der Waals surface area contributed by atoms with Crippen molar-refractivity contribution in [1.29, 1.82) is 5.26 Å². The predicted octanol–water partition coefficient (Wildman–Crippen LogP) is 2.11. The third-order valence-electron chi connectivity index (χ3n) is 1.53. The van der Waals surface area contributed by atoms with Crippen molar-refractivity contribution in [3.05, 3.63) is 33.4 Å². The molecule has 1 rings (SSSR count). The lowest BCUT2D eigenvalue weighted by molar-refractivity contribution is 0.823. The molecule has 0 saturated heterocycles. The third kappa shape index (κ3) is 4.46. The molecule has 0 heterocycles. The molecular formula is C9H10ClIN2. The van der Waals surface area contributed by atoms with Gasteiger partial charge in [-0.2, -0.15) is 5.26 Å². The molecule has 4 heteroatoms. The van der Waals surface area contributed by atoms with E-state index in [0.29, 0.717) is 6.42 Å². The van der Waals surface area contributed by atoms with Crippen LogP contribution in [0.3, 0.4) is 0 Å². The number of hydrogen-bond acceptors (Lipinski definition) is 2. The highest BCUT2D eigenvalue weighted by Crippen LogP contribution is 2.07. The van der Waals surface area contributed by atoms with Crippen LogP contribution in [-0.4, -0.2) is 6.04 Å². The van der Waals surface area contributed by atoms with Crippen LogP contribution in [0.4, 0.5) is 0 Å². The Hall–Kier alpha value is -0.310. The van der Waals surface area contributed by atoms with Crippen molar-refractivity contribution >= 4 is 35.0 Å². The maximum Gasteiger partial charge on any atom is 0.0968 e. The molecule has 0 spiro atoms. The minimum Gasteiger partial charge on any atom is -0.316 e. The van der Waals surface area contributed by atoms with Crippen LogP contribution in [-0.2, 0) is 6.42 Å². The maximum absolute atomic E-state index is 8.47. The van der Waals surface area contributed by atoms with E-state index in [1.54, 1.807) is 0 Å². The van der Waals surface area contributed by atoms with E-state index in [-0.39, 0.29) is 18.4 Å².